The summed E-state index contributed by atoms with van der Waals surface area (Å²) < 4.78 is 1.38. The third-order valence-electron chi connectivity index (χ3n) is 2.96. The quantitative estimate of drug-likeness (QED) is 0.665. The SMILES string of the molecule is Cc1csc2cc(Cc3cccnc3)ccc12.Cl. The molecule has 2 aromatic heterocycles. The molecule has 0 bridgehead atoms. The Balaban J connectivity index is 0.00000120. The molecule has 0 N–H and O–H groups in total. The van der Waals surface area contributed by atoms with Crippen LogP contribution in [0.4, 0.5) is 0 Å². The van der Waals surface area contributed by atoms with Gasteiger partial charge in [0.15, 0.2) is 0 Å². The van der Waals surface area contributed by atoms with E-state index in [1.165, 1.54) is 26.8 Å². The van der Waals surface area contributed by atoms with Crippen molar-refractivity contribution in [2.24, 2.45) is 0 Å². The van der Waals surface area contributed by atoms with Crippen LogP contribution in [0.3, 0.4) is 0 Å². The van der Waals surface area contributed by atoms with Gasteiger partial charge in [-0.15, -0.1) is 23.7 Å². The first-order chi connectivity index (χ1) is 8.33. The van der Waals surface area contributed by atoms with Crippen LogP contribution in [0, 0.1) is 6.92 Å². The normalized spacial score (nSPS) is 10.3. The maximum absolute atomic E-state index is 4.15. The van der Waals surface area contributed by atoms with E-state index >= 15 is 0 Å². The van der Waals surface area contributed by atoms with Crippen LogP contribution < -0.4 is 0 Å². The Morgan fingerprint density at radius 1 is 1.17 bits per heavy atom. The van der Waals surface area contributed by atoms with E-state index in [4.69, 9.17) is 0 Å². The van der Waals surface area contributed by atoms with E-state index in [0.29, 0.717) is 0 Å². The van der Waals surface area contributed by atoms with Crippen LogP contribution >= 0.6 is 23.7 Å². The summed E-state index contributed by atoms with van der Waals surface area (Å²) in [5.41, 5.74) is 3.99. The molecule has 0 saturated carbocycles. The third kappa shape index (κ3) is 2.55. The zero-order valence-corrected chi connectivity index (χ0v) is 11.7. The van der Waals surface area contributed by atoms with Crippen molar-refractivity contribution in [2.75, 3.05) is 0 Å². The van der Waals surface area contributed by atoms with Crippen LogP contribution in [-0.4, -0.2) is 4.98 Å². The number of fused-ring (bicyclic) bond motifs is 1. The van der Waals surface area contributed by atoms with E-state index in [1.54, 1.807) is 0 Å². The summed E-state index contributed by atoms with van der Waals surface area (Å²) in [6, 6.07) is 10.8. The van der Waals surface area contributed by atoms with Gasteiger partial charge in [0, 0.05) is 17.1 Å². The molecule has 0 fully saturated rings. The van der Waals surface area contributed by atoms with Crippen LogP contribution in [0.15, 0.2) is 48.1 Å². The summed E-state index contributed by atoms with van der Waals surface area (Å²) in [6.07, 6.45) is 4.71. The highest BCUT2D eigenvalue weighted by Crippen LogP contribution is 2.26. The number of benzene rings is 1. The predicted octanol–water partition coefficient (Wildman–Crippen LogP) is 4.62. The summed E-state index contributed by atoms with van der Waals surface area (Å²) in [5.74, 6) is 0. The van der Waals surface area contributed by atoms with Crippen LogP contribution in [0.1, 0.15) is 16.7 Å². The molecule has 18 heavy (non-hydrogen) atoms. The molecule has 2 heterocycles. The highest BCUT2D eigenvalue weighted by Gasteiger charge is 2.02. The number of aryl methyl sites for hydroxylation is 1. The maximum Gasteiger partial charge on any atom is 0.0348 e. The average molecular weight is 276 g/mol. The molecule has 0 radical (unpaired) electrons. The van der Waals surface area contributed by atoms with E-state index in [2.05, 4.69) is 41.6 Å². The molecule has 0 aliphatic carbocycles. The molecule has 3 heteroatoms. The number of halogens is 1. The Labute approximate surface area is 117 Å². The Kier molecular flexibility index (Phi) is 4.00. The molecule has 0 aliphatic heterocycles. The zero-order chi connectivity index (χ0) is 11.7. The molecule has 3 rings (SSSR count). The molecule has 0 spiro atoms. The van der Waals surface area contributed by atoms with Gasteiger partial charge in [0.05, 0.1) is 0 Å². The van der Waals surface area contributed by atoms with Gasteiger partial charge >= 0.3 is 0 Å². The van der Waals surface area contributed by atoms with Gasteiger partial charge in [0.2, 0.25) is 0 Å². The lowest BCUT2D eigenvalue weighted by Crippen LogP contribution is -1.88. The van der Waals surface area contributed by atoms with Crippen LogP contribution in [0.2, 0.25) is 0 Å². The number of hydrogen-bond donors (Lipinski definition) is 0. The molecule has 0 unspecified atom stereocenters. The molecule has 0 atom stereocenters. The number of nitrogens with zero attached hydrogens (tertiary/aromatic N) is 1. The van der Waals surface area contributed by atoms with Crippen molar-refractivity contribution in [3.63, 3.8) is 0 Å². The van der Waals surface area contributed by atoms with Gasteiger partial charge < -0.3 is 0 Å². The number of aromatic nitrogens is 1. The first-order valence-corrected chi connectivity index (χ1v) is 6.56. The smallest absolute Gasteiger partial charge is 0.0348 e. The lowest BCUT2D eigenvalue weighted by Gasteiger charge is -2.01. The standard InChI is InChI=1S/C15H13NS.ClH/c1-11-10-17-15-8-12(4-5-14(11)15)7-13-3-2-6-16-9-13;/h2-6,8-10H,7H2,1H3;1H. The van der Waals surface area contributed by atoms with Gasteiger partial charge in [-0.1, -0.05) is 18.2 Å². The Bertz CT molecular complexity index is 646. The second kappa shape index (κ2) is 5.51. The first kappa shape index (κ1) is 13.1. The Hall–Kier alpha value is -1.38. The van der Waals surface area contributed by atoms with Crippen molar-refractivity contribution in [1.29, 1.82) is 0 Å². The molecule has 1 nitrogen and oxygen atoms in total. The average Bonchev–Trinajstić information content (AvgIpc) is 2.72. The minimum absolute atomic E-state index is 0. The Morgan fingerprint density at radius 3 is 2.83 bits per heavy atom. The van der Waals surface area contributed by atoms with Crippen molar-refractivity contribution in [3.05, 3.63) is 64.8 Å². The number of thiophene rings is 1. The van der Waals surface area contributed by atoms with E-state index in [0.717, 1.165) is 6.42 Å². The summed E-state index contributed by atoms with van der Waals surface area (Å²) in [4.78, 5) is 4.15. The zero-order valence-electron chi connectivity index (χ0n) is 10.1. The van der Waals surface area contributed by atoms with Gasteiger partial charge in [-0.05, 0) is 52.9 Å². The van der Waals surface area contributed by atoms with E-state index in [9.17, 15) is 0 Å². The molecule has 92 valence electrons. The molecular formula is C15H14ClNS. The fraction of sp³-hybridized carbons (Fsp3) is 0.133. The minimum Gasteiger partial charge on any atom is -0.264 e. The lowest BCUT2D eigenvalue weighted by molar-refractivity contribution is 1.15. The summed E-state index contributed by atoms with van der Waals surface area (Å²) in [5, 5.41) is 3.60. The minimum atomic E-state index is 0. The second-order valence-corrected chi connectivity index (χ2v) is 5.20. The second-order valence-electron chi connectivity index (χ2n) is 4.29. The van der Waals surface area contributed by atoms with Gasteiger partial charge in [0.25, 0.3) is 0 Å². The van der Waals surface area contributed by atoms with Crippen LogP contribution in [-0.2, 0) is 6.42 Å². The highest BCUT2D eigenvalue weighted by molar-refractivity contribution is 7.17. The fourth-order valence-electron chi connectivity index (χ4n) is 2.05. The number of rotatable bonds is 2. The molecule has 0 aliphatic rings. The van der Waals surface area contributed by atoms with E-state index in [1.807, 2.05) is 29.8 Å². The number of hydrogen-bond acceptors (Lipinski definition) is 2. The Morgan fingerprint density at radius 2 is 2.06 bits per heavy atom. The number of pyridine rings is 1. The monoisotopic (exact) mass is 275 g/mol. The fourth-order valence-corrected chi connectivity index (χ4v) is 3.06. The van der Waals surface area contributed by atoms with Crippen molar-refractivity contribution in [1.82, 2.24) is 4.98 Å². The van der Waals surface area contributed by atoms with Gasteiger partial charge in [-0.25, -0.2) is 0 Å². The largest absolute Gasteiger partial charge is 0.264 e. The van der Waals surface area contributed by atoms with Crippen LogP contribution in [0.5, 0.6) is 0 Å². The lowest BCUT2D eigenvalue weighted by atomic mass is 10.0. The van der Waals surface area contributed by atoms with Crippen molar-refractivity contribution < 1.29 is 0 Å². The third-order valence-corrected chi connectivity index (χ3v) is 4.03. The summed E-state index contributed by atoms with van der Waals surface area (Å²) in [7, 11) is 0. The van der Waals surface area contributed by atoms with Crippen molar-refractivity contribution >= 4 is 33.8 Å². The molecule has 1 aromatic carbocycles. The first-order valence-electron chi connectivity index (χ1n) is 5.68. The molecule has 0 amide bonds. The highest BCUT2D eigenvalue weighted by atomic mass is 35.5. The van der Waals surface area contributed by atoms with Crippen molar-refractivity contribution in [3.8, 4) is 0 Å². The molecule has 0 saturated heterocycles. The topological polar surface area (TPSA) is 12.9 Å². The van der Waals surface area contributed by atoms with Gasteiger partial charge in [0.1, 0.15) is 0 Å². The van der Waals surface area contributed by atoms with E-state index < -0.39 is 0 Å². The summed E-state index contributed by atoms with van der Waals surface area (Å²) in [6.45, 7) is 2.17. The molecular weight excluding hydrogens is 262 g/mol. The maximum atomic E-state index is 4.15. The van der Waals surface area contributed by atoms with Crippen molar-refractivity contribution in [2.45, 2.75) is 13.3 Å². The van der Waals surface area contributed by atoms with Gasteiger partial charge in [-0.2, -0.15) is 0 Å². The molecule has 3 aromatic rings. The van der Waals surface area contributed by atoms with E-state index in [-0.39, 0.29) is 12.4 Å². The van der Waals surface area contributed by atoms with Crippen LogP contribution in [0.25, 0.3) is 10.1 Å². The predicted molar refractivity (Wildman–Crippen MR) is 80.9 cm³/mol. The van der Waals surface area contributed by atoms with Gasteiger partial charge in [-0.3, -0.25) is 4.98 Å². The summed E-state index contributed by atoms with van der Waals surface area (Å²) >= 11 is 1.82.